The number of hydrogen-bond donors (Lipinski definition) is 9. The van der Waals surface area contributed by atoms with Crippen molar-refractivity contribution in [3.05, 3.63) is 132 Å². The van der Waals surface area contributed by atoms with Crippen LogP contribution in [0.3, 0.4) is 0 Å². The van der Waals surface area contributed by atoms with Crippen molar-refractivity contribution in [2.45, 2.75) is 75.7 Å². The van der Waals surface area contributed by atoms with Crippen LogP contribution in [-0.2, 0) is 59.2 Å². The molecule has 0 unspecified atom stereocenters. The first-order valence-electron chi connectivity index (χ1n) is 20.0. The smallest absolute Gasteiger partial charge is 0.303 e. The van der Waals surface area contributed by atoms with Crippen LogP contribution in [0.15, 0.2) is 110 Å². The summed E-state index contributed by atoms with van der Waals surface area (Å²) in [6.45, 7) is 1.25. The van der Waals surface area contributed by atoms with Gasteiger partial charge in [-0.15, -0.1) is 0 Å². The SMILES string of the molecule is CNC(=O)[C@@H](Cc1c[nH]c2ccccc12)NC(=O)[C@H](CCC(=O)O)NC(=O)[C@H](Cc1ccccc1)NC(=O)[C@H](Cc1ccc(O)cc1)NC(=O)[C@H](Cc1cccnc1)NC(C)=O. The van der Waals surface area contributed by atoms with Crippen LogP contribution >= 0.6 is 0 Å². The number of benzene rings is 3. The molecule has 17 nitrogen and oxygen atoms in total. The van der Waals surface area contributed by atoms with E-state index in [2.05, 4.69) is 41.9 Å². The van der Waals surface area contributed by atoms with Crippen molar-refractivity contribution >= 4 is 52.3 Å². The Morgan fingerprint density at radius 2 is 1.11 bits per heavy atom. The predicted molar refractivity (Wildman–Crippen MR) is 228 cm³/mol. The highest BCUT2D eigenvalue weighted by Gasteiger charge is 2.33. The quantitative estimate of drug-likeness (QED) is 0.0515. The summed E-state index contributed by atoms with van der Waals surface area (Å²) in [5.41, 5.74) is 3.37. The summed E-state index contributed by atoms with van der Waals surface area (Å²) in [4.78, 5) is 101. The molecule has 0 aliphatic rings. The van der Waals surface area contributed by atoms with Crippen LogP contribution in [-0.4, -0.2) is 98.9 Å². The third-order valence-electron chi connectivity index (χ3n) is 10.0. The van der Waals surface area contributed by atoms with Crippen LogP contribution < -0.4 is 31.9 Å². The molecule has 3 aromatic carbocycles. The molecule has 0 spiro atoms. The van der Waals surface area contributed by atoms with Gasteiger partial charge in [0.1, 0.15) is 36.0 Å². The highest BCUT2D eigenvalue weighted by Crippen LogP contribution is 2.20. The van der Waals surface area contributed by atoms with Gasteiger partial charge in [-0.3, -0.25) is 38.5 Å². The topological polar surface area (TPSA) is 261 Å². The molecule has 0 radical (unpaired) electrons. The minimum absolute atomic E-state index is 0.0262. The van der Waals surface area contributed by atoms with E-state index in [1.165, 1.54) is 26.1 Å². The third kappa shape index (κ3) is 13.5. The molecule has 2 aromatic heterocycles. The second kappa shape index (κ2) is 22.2. The number of para-hydroxylation sites is 1. The molecule has 6 amide bonds. The number of pyridine rings is 1. The molecular weight excluding hydrogens is 797 g/mol. The molecular formula is C45H50N8O9. The van der Waals surface area contributed by atoms with E-state index in [4.69, 9.17) is 0 Å². The van der Waals surface area contributed by atoms with E-state index in [1.54, 1.807) is 73.2 Å². The first-order valence-corrected chi connectivity index (χ1v) is 20.0. The number of rotatable bonds is 21. The van der Waals surface area contributed by atoms with E-state index < -0.39 is 78.0 Å². The maximum Gasteiger partial charge on any atom is 0.303 e. The summed E-state index contributed by atoms with van der Waals surface area (Å²) in [6.07, 6.45) is 3.90. The number of phenols is 1. The lowest BCUT2D eigenvalue weighted by molar-refractivity contribution is -0.138. The summed E-state index contributed by atoms with van der Waals surface area (Å²) >= 11 is 0. The maximum absolute atomic E-state index is 14.3. The first-order chi connectivity index (χ1) is 29.8. The number of carboxylic acids is 1. The molecule has 17 heteroatoms. The zero-order valence-electron chi connectivity index (χ0n) is 34.2. The number of nitrogens with zero attached hydrogens (tertiary/aromatic N) is 1. The molecule has 5 aromatic rings. The Balaban J connectivity index is 1.41. The van der Waals surface area contributed by atoms with Gasteiger partial charge >= 0.3 is 5.97 Å². The minimum Gasteiger partial charge on any atom is -0.508 e. The Labute approximate surface area is 357 Å². The average molecular weight is 847 g/mol. The van der Waals surface area contributed by atoms with Crippen molar-refractivity contribution in [3.8, 4) is 5.75 Å². The van der Waals surface area contributed by atoms with Gasteiger partial charge in [-0.05, 0) is 52.9 Å². The molecule has 0 saturated carbocycles. The summed E-state index contributed by atoms with van der Waals surface area (Å²) in [5, 5.41) is 36.2. The van der Waals surface area contributed by atoms with Crippen LogP contribution in [0, 0.1) is 0 Å². The van der Waals surface area contributed by atoms with Gasteiger partial charge < -0.3 is 47.1 Å². The number of fused-ring (bicyclic) bond motifs is 1. The molecule has 0 saturated heterocycles. The first kappa shape index (κ1) is 45.5. The van der Waals surface area contributed by atoms with Crippen molar-refractivity contribution < 1.29 is 43.8 Å². The van der Waals surface area contributed by atoms with Crippen LogP contribution in [0.5, 0.6) is 5.75 Å². The number of amides is 6. The molecule has 0 aliphatic heterocycles. The van der Waals surface area contributed by atoms with Crippen molar-refractivity contribution in [2.75, 3.05) is 7.05 Å². The van der Waals surface area contributed by atoms with Crippen LogP contribution in [0.2, 0.25) is 0 Å². The van der Waals surface area contributed by atoms with Crippen LogP contribution in [0.1, 0.15) is 42.0 Å². The fraction of sp³-hybridized carbons (Fsp3) is 0.289. The number of aliphatic carboxylic acids is 1. The number of carboxylic acid groups (broad SMARTS) is 1. The number of phenolic OH excluding ortho intramolecular Hbond substituents is 1. The van der Waals surface area contributed by atoms with Gasteiger partial charge in [0, 0.05) is 75.6 Å². The zero-order valence-corrected chi connectivity index (χ0v) is 34.2. The van der Waals surface area contributed by atoms with E-state index in [-0.39, 0.29) is 37.9 Å². The summed E-state index contributed by atoms with van der Waals surface area (Å²) in [6, 6.07) is 19.1. The van der Waals surface area contributed by atoms with E-state index in [0.29, 0.717) is 16.7 Å². The summed E-state index contributed by atoms with van der Waals surface area (Å²) in [5.74, 6) is -5.44. The number of aromatic hydroxyl groups is 1. The summed E-state index contributed by atoms with van der Waals surface area (Å²) in [7, 11) is 1.41. The largest absolute Gasteiger partial charge is 0.508 e. The Morgan fingerprint density at radius 3 is 1.69 bits per heavy atom. The van der Waals surface area contributed by atoms with E-state index in [0.717, 1.165) is 16.5 Å². The van der Waals surface area contributed by atoms with Gasteiger partial charge in [0.15, 0.2) is 0 Å². The standard InChI is InChI=1S/C45H50N8O9/c1-27(54)49-36(23-30-11-8-20-47-25-30)43(60)51-38(22-29-14-16-32(55)17-15-29)45(62)52-37(21-28-9-4-3-5-10-28)44(61)50-35(18-19-40(56)57)42(59)53-39(41(58)46-2)24-31-26-48-34-13-7-6-12-33(31)34/h3-17,20,25-26,35-39,48,55H,18-19,21-24H2,1-2H3,(H,46,58)(H,49,54)(H,50,61)(H,51,60)(H,52,62)(H,53,59)(H,56,57)/t35-,36-,37-,38-,39+/m0/s1. The summed E-state index contributed by atoms with van der Waals surface area (Å²) < 4.78 is 0. The van der Waals surface area contributed by atoms with Gasteiger partial charge in [-0.2, -0.15) is 0 Å². The third-order valence-corrected chi connectivity index (χ3v) is 10.0. The molecule has 9 N–H and O–H groups in total. The van der Waals surface area contributed by atoms with Gasteiger partial charge in [0.05, 0.1) is 0 Å². The van der Waals surface area contributed by atoms with Crippen molar-refractivity contribution in [1.82, 2.24) is 41.9 Å². The van der Waals surface area contributed by atoms with Crippen LogP contribution in [0.4, 0.5) is 0 Å². The van der Waals surface area contributed by atoms with Crippen molar-refractivity contribution in [2.24, 2.45) is 0 Å². The van der Waals surface area contributed by atoms with Gasteiger partial charge in [-0.1, -0.05) is 66.7 Å². The number of hydrogen-bond acceptors (Lipinski definition) is 9. The average Bonchev–Trinajstić information content (AvgIpc) is 3.67. The lowest BCUT2D eigenvalue weighted by atomic mass is 10.0. The van der Waals surface area contributed by atoms with E-state index in [9.17, 15) is 43.8 Å². The normalized spacial score (nSPS) is 13.3. The monoisotopic (exact) mass is 846 g/mol. The fourth-order valence-electron chi connectivity index (χ4n) is 6.88. The highest BCUT2D eigenvalue weighted by molar-refractivity contribution is 5.97. The number of carbonyl (C=O) groups excluding carboxylic acids is 6. The number of likely N-dealkylation sites (N-methyl/N-ethyl adjacent to an activating group) is 1. The molecule has 2 heterocycles. The number of H-pyrrole nitrogens is 1. The Morgan fingerprint density at radius 1 is 0.597 bits per heavy atom. The van der Waals surface area contributed by atoms with Gasteiger partial charge in [0.25, 0.3) is 0 Å². The lowest BCUT2D eigenvalue weighted by Gasteiger charge is -2.27. The van der Waals surface area contributed by atoms with Crippen LogP contribution in [0.25, 0.3) is 10.9 Å². The van der Waals surface area contributed by atoms with Crippen molar-refractivity contribution in [1.29, 1.82) is 0 Å². The Hall–Kier alpha value is -7.56. The lowest BCUT2D eigenvalue weighted by Crippen LogP contribution is -2.60. The van der Waals surface area contributed by atoms with Gasteiger partial charge in [-0.25, -0.2) is 0 Å². The molecule has 5 atom stereocenters. The molecule has 0 fully saturated rings. The molecule has 5 rings (SSSR count). The highest BCUT2D eigenvalue weighted by atomic mass is 16.4. The molecule has 0 aliphatic carbocycles. The predicted octanol–water partition coefficient (Wildman–Crippen LogP) is 1.59. The number of aromatic nitrogens is 2. The second-order valence-electron chi connectivity index (χ2n) is 14.7. The van der Waals surface area contributed by atoms with Crippen molar-refractivity contribution in [3.63, 3.8) is 0 Å². The number of aromatic amines is 1. The maximum atomic E-state index is 14.3. The zero-order chi connectivity index (χ0) is 44.6. The van der Waals surface area contributed by atoms with E-state index in [1.807, 2.05) is 24.3 Å². The fourth-order valence-corrected chi connectivity index (χ4v) is 6.88. The minimum atomic E-state index is -1.46. The van der Waals surface area contributed by atoms with E-state index >= 15 is 0 Å². The second-order valence-corrected chi connectivity index (χ2v) is 14.7. The molecule has 0 bridgehead atoms. The Bertz CT molecular complexity index is 2340. The number of carbonyl (C=O) groups is 7. The molecule has 324 valence electrons. The van der Waals surface area contributed by atoms with Gasteiger partial charge in [0.2, 0.25) is 35.4 Å². The Kier molecular flexibility index (Phi) is 16.3. The number of nitrogens with one attached hydrogen (secondary N) is 7. The molecule has 62 heavy (non-hydrogen) atoms.